The van der Waals surface area contributed by atoms with Gasteiger partial charge in [0.25, 0.3) is 0 Å². The van der Waals surface area contributed by atoms with Gasteiger partial charge in [-0.3, -0.25) is 0 Å². The fourth-order valence-corrected chi connectivity index (χ4v) is 1.29. The maximum absolute atomic E-state index is 10.9. The van der Waals surface area contributed by atoms with E-state index in [1.54, 1.807) is 12.1 Å². The first-order chi connectivity index (χ1) is 7.17. The van der Waals surface area contributed by atoms with Crippen molar-refractivity contribution in [3.63, 3.8) is 0 Å². The van der Waals surface area contributed by atoms with Gasteiger partial charge >= 0.3 is 6.09 Å². The SMILES string of the molecule is CCCc1ccc(OC(=O)NC)cc1N. The number of rotatable bonds is 3. The van der Waals surface area contributed by atoms with Crippen LogP contribution in [0.5, 0.6) is 5.75 Å². The summed E-state index contributed by atoms with van der Waals surface area (Å²) in [5, 5.41) is 2.37. The summed E-state index contributed by atoms with van der Waals surface area (Å²) < 4.78 is 4.95. The van der Waals surface area contributed by atoms with Crippen LogP contribution in [0, 0.1) is 0 Å². The van der Waals surface area contributed by atoms with E-state index in [4.69, 9.17) is 10.5 Å². The molecule has 0 aliphatic rings. The van der Waals surface area contributed by atoms with Crippen LogP contribution in [0.3, 0.4) is 0 Å². The molecule has 3 N–H and O–H groups in total. The second-order valence-corrected chi connectivity index (χ2v) is 3.25. The van der Waals surface area contributed by atoms with Crippen LogP contribution >= 0.6 is 0 Å². The molecule has 0 bridgehead atoms. The number of carbonyl (C=O) groups excluding carboxylic acids is 1. The monoisotopic (exact) mass is 208 g/mol. The first-order valence-corrected chi connectivity index (χ1v) is 4.95. The van der Waals surface area contributed by atoms with Crippen molar-refractivity contribution in [3.05, 3.63) is 23.8 Å². The number of hydrogen-bond acceptors (Lipinski definition) is 3. The molecule has 0 radical (unpaired) electrons. The molecule has 1 aromatic rings. The molecule has 0 fully saturated rings. The van der Waals surface area contributed by atoms with Crippen LogP contribution < -0.4 is 15.8 Å². The van der Waals surface area contributed by atoms with Gasteiger partial charge in [0.15, 0.2) is 0 Å². The van der Waals surface area contributed by atoms with E-state index in [9.17, 15) is 4.79 Å². The van der Waals surface area contributed by atoms with Crippen LogP contribution in [0.15, 0.2) is 18.2 Å². The summed E-state index contributed by atoms with van der Waals surface area (Å²) in [5.74, 6) is 0.465. The van der Waals surface area contributed by atoms with Gasteiger partial charge in [0, 0.05) is 18.8 Å². The Morgan fingerprint density at radius 3 is 2.80 bits per heavy atom. The molecule has 15 heavy (non-hydrogen) atoms. The highest BCUT2D eigenvalue weighted by molar-refractivity contribution is 5.70. The first kappa shape index (κ1) is 11.4. The molecule has 4 heteroatoms. The minimum atomic E-state index is -0.488. The zero-order valence-corrected chi connectivity index (χ0v) is 9.04. The Kier molecular flexibility index (Phi) is 3.97. The van der Waals surface area contributed by atoms with Crippen molar-refractivity contribution in [2.45, 2.75) is 19.8 Å². The van der Waals surface area contributed by atoms with Gasteiger partial charge < -0.3 is 15.8 Å². The second kappa shape index (κ2) is 5.24. The molecule has 0 aromatic heterocycles. The summed E-state index contributed by atoms with van der Waals surface area (Å²) in [6.45, 7) is 2.09. The van der Waals surface area contributed by atoms with Crippen molar-refractivity contribution >= 4 is 11.8 Å². The molecule has 4 nitrogen and oxygen atoms in total. The molecule has 0 spiro atoms. The Labute approximate surface area is 89.4 Å². The highest BCUT2D eigenvalue weighted by Crippen LogP contribution is 2.21. The van der Waals surface area contributed by atoms with Crippen molar-refractivity contribution in [1.82, 2.24) is 5.32 Å². The number of aryl methyl sites for hydroxylation is 1. The Hall–Kier alpha value is -1.71. The van der Waals surface area contributed by atoms with Crippen molar-refractivity contribution in [3.8, 4) is 5.75 Å². The standard InChI is InChI=1S/C11H16N2O2/c1-3-4-8-5-6-9(7-10(8)12)15-11(14)13-2/h5-7H,3-4,12H2,1-2H3,(H,13,14). The van der Waals surface area contributed by atoms with E-state index in [0.29, 0.717) is 11.4 Å². The van der Waals surface area contributed by atoms with Gasteiger partial charge in [-0.05, 0) is 18.1 Å². The van der Waals surface area contributed by atoms with Crippen LogP contribution in [0.2, 0.25) is 0 Å². The number of carbonyl (C=O) groups is 1. The Morgan fingerprint density at radius 1 is 1.53 bits per heavy atom. The van der Waals surface area contributed by atoms with E-state index in [1.165, 1.54) is 7.05 Å². The number of ether oxygens (including phenoxy) is 1. The minimum Gasteiger partial charge on any atom is -0.410 e. The molecule has 0 saturated heterocycles. The van der Waals surface area contributed by atoms with Crippen molar-refractivity contribution in [2.24, 2.45) is 0 Å². The van der Waals surface area contributed by atoms with Gasteiger partial charge in [-0.2, -0.15) is 0 Å². The van der Waals surface area contributed by atoms with E-state index in [0.717, 1.165) is 18.4 Å². The maximum Gasteiger partial charge on any atom is 0.412 e. The Morgan fingerprint density at radius 2 is 2.27 bits per heavy atom. The lowest BCUT2D eigenvalue weighted by Gasteiger charge is -2.07. The number of benzene rings is 1. The molecule has 0 aliphatic carbocycles. The highest BCUT2D eigenvalue weighted by atomic mass is 16.5. The molecule has 1 rings (SSSR count). The molecular formula is C11H16N2O2. The average molecular weight is 208 g/mol. The zero-order chi connectivity index (χ0) is 11.3. The second-order valence-electron chi connectivity index (χ2n) is 3.25. The number of anilines is 1. The Bertz CT molecular complexity index is 350. The van der Waals surface area contributed by atoms with Crippen LogP contribution in [0.1, 0.15) is 18.9 Å². The molecule has 0 heterocycles. The smallest absolute Gasteiger partial charge is 0.410 e. The number of nitrogens with one attached hydrogen (secondary N) is 1. The summed E-state index contributed by atoms with van der Waals surface area (Å²) in [5.41, 5.74) is 7.56. The molecule has 0 unspecified atom stereocenters. The number of nitrogens with two attached hydrogens (primary N) is 1. The third-order valence-electron chi connectivity index (χ3n) is 2.05. The summed E-state index contributed by atoms with van der Waals surface area (Å²) >= 11 is 0. The van der Waals surface area contributed by atoms with E-state index in [-0.39, 0.29) is 0 Å². The van der Waals surface area contributed by atoms with Gasteiger partial charge in [-0.15, -0.1) is 0 Å². The largest absolute Gasteiger partial charge is 0.412 e. The van der Waals surface area contributed by atoms with Crippen molar-refractivity contribution < 1.29 is 9.53 Å². The lowest BCUT2D eigenvalue weighted by molar-refractivity contribution is 0.203. The summed E-state index contributed by atoms with van der Waals surface area (Å²) in [6.07, 6.45) is 1.49. The summed E-state index contributed by atoms with van der Waals surface area (Å²) in [6, 6.07) is 5.30. The normalized spacial score (nSPS) is 9.73. The number of nitrogen functional groups attached to an aromatic ring is 1. The molecule has 0 aliphatic heterocycles. The summed E-state index contributed by atoms with van der Waals surface area (Å²) in [7, 11) is 1.51. The number of hydrogen-bond donors (Lipinski definition) is 2. The minimum absolute atomic E-state index is 0.465. The fourth-order valence-electron chi connectivity index (χ4n) is 1.29. The topological polar surface area (TPSA) is 64.3 Å². The van der Waals surface area contributed by atoms with Gasteiger partial charge in [-0.25, -0.2) is 4.79 Å². The molecule has 1 amide bonds. The molecule has 1 aromatic carbocycles. The van der Waals surface area contributed by atoms with Gasteiger partial charge in [-0.1, -0.05) is 19.4 Å². The molecule has 0 saturated carbocycles. The van der Waals surface area contributed by atoms with E-state index >= 15 is 0 Å². The number of amides is 1. The third kappa shape index (κ3) is 3.16. The fraction of sp³-hybridized carbons (Fsp3) is 0.364. The predicted octanol–water partition coefficient (Wildman–Crippen LogP) is 1.94. The average Bonchev–Trinajstić information content (AvgIpc) is 2.22. The third-order valence-corrected chi connectivity index (χ3v) is 2.05. The van der Waals surface area contributed by atoms with E-state index < -0.39 is 6.09 Å². The lowest BCUT2D eigenvalue weighted by atomic mass is 10.1. The van der Waals surface area contributed by atoms with Crippen molar-refractivity contribution in [2.75, 3.05) is 12.8 Å². The van der Waals surface area contributed by atoms with Gasteiger partial charge in [0.05, 0.1) is 0 Å². The molecule has 82 valence electrons. The lowest BCUT2D eigenvalue weighted by Crippen LogP contribution is -2.22. The maximum atomic E-state index is 10.9. The van der Waals surface area contributed by atoms with E-state index in [1.807, 2.05) is 6.07 Å². The molecular weight excluding hydrogens is 192 g/mol. The quantitative estimate of drug-likeness (QED) is 0.746. The van der Waals surface area contributed by atoms with Crippen LogP contribution in [-0.2, 0) is 6.42 Å². The highest BCUT2D eigenvalue weighted by Gasteiger charge is 2.04. The van der Waals surface area contributed by atoms with Crippen LogP contribution in [-0.4, -0.2) is 13.1 Å². The Balaban J connectivity index is 2.77. The first-order valence-electron chi connectivity index (χ1n) is 4.95. The van der Waals surface area contributed by atoms with Crippen LogP contribution in [0.25, 0.3) is 0 Å². The van der Waals surface area contributed by atoms with Crippen LogP contribution in [0.4, 0.5) is 10.5 Å². The van der Waals surface area contributed by atoms with Crippen molar-refractivity contribution in [1.29, 1.82) is 0 Å². The van der Waals surface area contributed by atoms with Gasteiger partial charge in [0.1, 0.15) is 5.75 Å². The predicted molar refractivity (Wildman–Crippen MR) is 59.9 cm³/mol. The molecule has 0 atom stereocenters. The van der Waals surface area contributed by atoms with E-state index in [2.05, 4.69) is 12.2 Å². The van der Waals surface area contributed by atoms with Gasteiger partial charge in [0.2, 0.25) is 0 Å². The zero-order valence-electron chi connectivity index (χ0n) is 9.04. The summed E-state index contributed by atoms with van der Waals surface area (Å²) in [4.78, 5) is 10.9.